The van der Waals surface area contributed by atoms with E-state index >= 15 is 0 Å². The molecule has 2 fully saturated rings. The van der Waals surface area contributed by atoms with Crippen LogP contribution in [-0.4, -0.2) is 13.2 Å². The molecule has 3 rings (SSSR count). The lowest BCUT2D eigenvalue weighted by Crippen LogP contribution is -2.40. The zero-order valence-corrected chi connectivity index (χ0v) is 10.5. The normalized spacial score (nSPS) is 32.2. The fourth-order valence-electron chi connectivity index (χ4n) is 3.52. The average Bonchev–Trinajstić information content (AvgIpc) is 2.85. The third-order valence-electron chi connectivity index (χ3n) is 4.41. The number of nitrogens with one attached hydrogen (secondary N) is 1. The van der Waals surface area contributed by atoms with E-state index in [1.165, 1.54) is 37.7 Å². The van der Waals surface area contributed by atoms with Crippen LogP contribution in [0.25, 0.3) is 0 Å². The summed E-state index contributed by atoms with van der Waals surface area (Å²) in [6, 6.07) is 9.66. The summed E-state index contributed by atoms with van der Waals surface area (Å²) in [5.74, 6) is 1.96. The number of benzene rings is 1. The highest BCUT2D eigenvalue weighted by atomic mass is 16.5. The van der Waals surface area contributed by atoms with E-state index in [2.05, 4.69) is 23.5 Å². The van der Waals surface area contributed by atoms with E-state index in [1.807, 2.05) is 6.07 Å². The number of rotatable bonds is 2. The van der Waals surface area contributed by atoms with Crippen LogP contribution < -0.4 is 10.1 Å². The van der Waals surface area contributed by atoms with E-state index in [-0.39, 0.29) is 0 Å². The number of piperidine rings is 1. The minimum Gasteiger partial charge on any atom is -0.496 e. The van der Waals surface area contributed by atoms with Crippen molar-refractivity contribution in [2.75, 3.05) is 7.11 Å². The van der Waals surface area contributed by atoms with Crippen LogP contribution in [0, 0.1) is 5.92 Å². The van der Waals surface area contributed by atoms with Gasteiger partial charge in [0, 0.05) is 17.6 Å². The lowest BCUT2D eigenvalue weighted by Gasteiger charge is -2.34. The third kappa shape index (κ3) is 2.06. The number of ether oxygens (including phenoxy) is 1. The van der Waals surface area contributed by atoms with E-state index in [0.29, 0.717) is 6.04 Å². The standard InChI is InChI=1S/C15H21NO/c1-17-15-8-3-2-6-12(15)14-10-9-11-5-4-7-13(11)16-14/h2-3,6,8,11,13-14,16H,4-5,7,9-10H2,1H3. The SMILES string of the molecule is COc1ccccc1C1CCC2CCCC2N1. The number of hydrogen-bond donors (Lipinski definition) is 1. The van der Waals surface area contributed by atoms with Crippen molar-refractivity contribution in [2.45, 2.75) is 44.2 Å². The molecule has 1 saturated heterocycles. The van der Waals surface area contributed by atoms with Gasteiger partial charge >= 0.3 is 0 Å². The summed E-state index contributed by atoms with van der Waals surface area (Å²) >= 11 is 0. The van der Waals surface area contributed by atoms with Crippen LogP contribution in [0.4, 0.5) is 0 Å². The van der Waals surface area contributed by atoms with Crippen molar-refractivity contribution < 1.29 is 4.74 Å². The molecule has 1 saturated carbocycles. The fourth-order valence-corrected chi connectivity index (χ4v) is 3.52. The average molecular weight is 231 g/mol. The van der Waals surface area contributed by atoms with E-state index in [1.54, 1.807) is 7.11 Å². The molecule has 0 aromatic heterocycles. The van der Waals surface area contributed by atoms with Crippen molar-refractivity contribution in [1.29, 1.82) is 0 Å². The summed E-state index contributed by atoms with van der Waals surface area (Å²) < 4.78 is 5.47. The summed E-state index contributed by atoms with van der Waals surface area (Å²) in [5.41, 5.74) is 1.33. The predicted octanol–water partition coefficient (Wildman–Crippen LogP) is 3.29. The van der Waals surface area contributed by atoms with Gasteiger partial charge < -0.3 is 10.1 Å². The number of hydrogen-bond acceptors (Lipinski definition) is 2. The van der Waals surface area contributed by atoms with Crippen LogP contribution in [0.5, 0.6) is 5.75 Å². The Balaban J connectivity index is 1.80. The van der Waals surface area contributed by atoms with Gasteiger partial charge in [-0.2, -0.15) is 0 Å². The minimum atomic E-state index is 0.491. The Hall–Kier alpha value is -1.02. The largest absolute Gasteiger partial charge is 0.496 e. The summed E-state index contributed by atoms with van der Waals surface area (Å²) in [4.78, 5) is 0. The molecule has 2 heteroatoms. The van der Waals surface area contributed by atoms with Crippen molar-refractivity contribution in [2.24, 2.45) is 5.92 Å². The lowest BCUT2D eigenvalue weighted by molar-refractivity contribution is 0.256. The van der Waals surface area contributed by atoms with Gasteiger partial charge in [0.05, 0.1) is 7.11 Å². The Morgan fingerprint density at radius 1 is 1.12 bits per heavy atom. The zero-order chi connectivity index (χ0) is 11.7. The van der Waals surface area contributed by atoms with Crippen LogP contribution in [-0.2, 0) is 0 Å². The first-order chi connectivity index (χ1) is 8.38. The van der Waals surface area contributed by atoms with E-state index < -0.39 is 0 Å². The smallest absolute Gasteiger partial charge is 0.123 e. The molecule has 92 valence electrons. The van der Waals surface area contributed by atoms with Crippen LogP contribution in [0.1, 0.15) is 43.7 Å². The van der Waals surface area contributed by atoms with E-state index in [9.17, 15) is 0 Å². The molecule has 1 heterocycles. The maximum Gasteiger partial charge on any atom is 0.123 e. The molecule has 3 atom stereocenters. The molecule has 1 aliphatic heterocycles. The summed E-state index contributed by atoms with van der Waals surface area (Å²) in [6.07, 6.45) is 6.82. The minimum absolute atomic E-state index is 0.491. The highest BCUT2D eigenvalue weighted by Crippen LogP contribution is 2.39. The van der Waals surface area contributed by atoms with Crippen LogP contribution in [0.15, 0.2) is 24.3 Å². The number of para-hydroxylation sites is 1. The van der Waals surface area contributed by atoms with Crippen LogP contribution in [0.3, 0.4) is 0 Å². The molecular weight excluding hydrogens is 210 g/mol. The molecule has 0 radical (unpaired) electrons. The van der Waals surface area contributed by atoms with E-state index in [4.69, 9.17) is 4.74 Å². The van der Waals surface area contributed by atoms with Gasteiger partial charge in [-0.15, -0.1) is 0 Å². The summed E-state index contributed by atoms with van der Waals surface area (Å²) in [7, 11) is 1.76. The molecule has 0 bridgehead atoms. The Morgan fingerprint density at radius 3 is 2.88 bits per heavy atom. The van der Waals surface area contributed by atoms with Crippen LogP contribution in [0.2, 0.25) is 0 Å². The molecule has 1 aromatic carbocycles. The van der Waals surface area contributed by atoms with Crippen molar-refractivity contribution in [3.05, 3.63) is 29.8 Å². The van der Waals surface area contributed by atoms with Gasteiger partial charge in [-0.05, 0) is 37.7 Å². The molecule has 1 aliphatic carbocycles. The van der Waals surface area contributed by atoms with Crippen molar-refractivity contribution >= 4 is 0 Å². The lowest BCUT2D eigenvalue weighted by atomic mass is 9.87. The van der Waals surface area contributed by atoms with Gasteiger partial charge in [0.2, 0.25) is 0 Å². The molecule has 1 aromatic rings. The Kier molecular flexibility index (Phi) is 3.06. The first-order valence-electron chi connectivity index (χ1n) is 6.77. The second-order valence-corrected chi connectivity index (χ2v) is 5.34. The molecular formula is C15H21NO. The van der Waals surface area contributed by atoms with Gasteiger partial charge in [-0.3, -0.25) is 0 Å². The summed E-state index contributed by atoms with van der Waals surface area (Å²) in [6.45, 7) is 0. The second-order valence-electron chi connectivity index (χ2n) is 5.34. The topological polar surface area (TPSA) is 21.3 Å². The number of fused-ring (bicyclic) bond motifs is 1. The van der Waals surface area contributed by atoms with Crippen molar-refractivity contribution in [3.63, 3.8) is 0 Å². The molecule has 2 aliphatic rings. The second kappa shape index (κ2) is 4.69. The molecule has 0 amide bonds. The van der Waals surface area contributed by atoms with E-state index in [0.717, 1.165) is 17.7 Å². The maximum atomic E-state index is 5.47. The highest BCUT2D eigenvalue weighted by molar-refractivity contribution is 5.36. The highest BCUT2D eigenvalue weighted by Gasteiger charge is 2.34. The fraction of sp³-hybridized carbons (Fsp3) is 0.600. The Morgan fingerprint density at radius 2 is 2.00 bits per heavy atom. The van der Waals surface area contributed by atoms with Gasteiger partial charge in [0.1, 0.15) is 5.75 Å². The molecule has 17 heavy (non-hydrogen) atoms. The van der Waals surface area contributed by atoms with Gasteiger partial charge in [0.25, 0.3) is 0 Å². The monoisotopic (exact) mass is 231 g/mol. The Bertz CT molecular complexity index is 390. The number of methoxy groups -OCH3 is 1. The summed E-state index contributed by atoms with van der Waals surface area (Å²) in [5, 5.41) is 3.83. The quantitative estimate of drug-likeness (QED) is 0.843. The van der Waals surface area contributed by atoms with Crippen molar-refractivity contribution in [3.8, 4) is 5.75 Å². The zero-order valence-electron chi connectivity index (χ0n) is 10.5. The van der Waals surface area contributed by atoms with Gasteiger partial charge in [-0.25, -0.2) is 0 Å². The first kappa shape index (κ1) is 11.1. The van der Waals surface area contributed by atoms with Gasteiger partial charge in [0.15, 0.2) is 0 Å². The first-order valence-corrected chi connectivity index (χ1v) is 6.77. The van der Waals surface area contributed by atoms with Crippen LogP contribution >= 0.6 is 0 Å². The molecule has 0 spiro atoms. The van der Waals surface area contributed by atoms with Crippen molar-refractivity contribution in [1.82, 2.24) is 5.32 Å². The Labute approximate surface area is 103 Å². The molecule has 1 N–H and O–H groups in total. The predicted molar refractivity (Wildman–Crippen MR) is 69.2 cm³/mol. The van der Waals surface area contributed by atoms with Gasteiger partial charge in [-0.1, -0.05) is 24.6 Å². The molecule has 3 unspecified atom stereocenters. The molecule has 2 nitrogen and oxygen atoms in total. The third-order valence-corrected chi connectivity index (χ3v) is 4.41. The maximum absolute atomic E-state index is 5.47.